The number of hydrogen-bond acceptors (Lipinski definition) is 1. The summed E-state index contributed by atoms with van der Waals surface area (Å²) in [6.45, 7) is 3.45. The van der Waals surface area contributed by atoms with E-state index >= 15 is 0 Å². The molecule has 0 saturated carbocycles. The minimum atomic E-state index is -4.36. The number of pyridine rings is 1. The van der Waals surface area contributed by atoms with Crippen LogP contribution in [-0.2, 0) is 11.6 Å². The molecule has 1 heterocycles. The summed E-state index contributed by atoms with van der Waals surface area (Å²) in [5, 5.41) is 0. The Hall–Kier alpha value is -1.50. The first kappa shape index (κ1) is 11.6. The summed E-state index contributed by atoms with van der Waals surface area (Å²) in [5.41, 5.74) is -0.957. The fourth-order valence-corrected chi connectivity index (χ4v) is 1.01. The number of alkyl halides is 3. The van der Waals surface area contributed by atoms with Crippen LogP contribution in [0.2, 0.25) is 0 Å². The van der Waals surface area contributed by atoms with Crippen molar-refractivity contribution in [3.63, 3.8) is 0 Å². The lowest BCUT2D eigenvalue weighted by Crippen LogP contribution is -2.16. The highest BCUT2D eigenvalue weighted by molar-refractivity contribution is 5.28. The number of rotatable bonds is 1. The van der Waals surface area contributed by atoms with Gasteiger partial charge in [-0.05, 0) is 26.0 Å². The van der Waals surface area contributed by atoms with Crippen molar-refractivity contribution in [1.82, 2.24) is 4.98 Å². The molecule has 80 valence electrons. The van der Waals surface area contributed by atoms with Crippen molar-refractivity contribution < 1.29 is 13.2 Å². The van der Waals surface area contributed by atoms with Crippen molar-refractivity contribution in [3.8, 4) is 12.3 Å². The highest BCUT2D eigenvalue weighted by Gasteiger charge is 2.31. The van der Waals surface area contributed by atoms with Gasteiger partial charge in [0.05, 0.1) is 16.7 Å². The lowest BCUT2D eigenvalue weighted by molar-refractivity contribution is -0.137. The Labute approximate surface area is 86.3 Å². The molecule has 1 nitrogen and oxygen atoms in total. The molecule has 0 amide bonds. The molecule has 0 bridgehead atoms. The van der Waals surface area contributed by atoms with E-state index in [4.69, 9.17) is 6.42 Å². The zero-order valence-corrected chi connectivity index (χ0v) is 8.39. The summed E-state index contributed by atoms with van der Waals surface area (Å²) in [7, 11) is 0. The van der Waals surface area contributed by atoms with Crippen LogP contribution in [0, 0.1) is 12.3 Å². The molecule has 0 aliphatic heterocycles. The lowest BCUT2D eigenvalue weighted by Gasteiger charge is -2.17. The molecule has 0 unspecified atom stereocenters. The molecule has 0 aliphatic rings. The van der Waals surface area contributed by atoms with Gasteiger partial charge < -0.3 is 0 Å². The van der Waals surface area contributed by atoms with E-state index in [0.29, 0.717) is 5.69 Å². The molecule has 0 atom stereocenters. The molecule has 0 fully saturated rings. The van der Waals surface area contributed by atoms with Crippen LogP contribution < -0.4 is 0 Å². The van der Waals surface area contributed by atoms with Crippen molar-refractivity contribution in [1.29, 1.82) is 0 Å². The van der Waals surface area contributed by atoms with Crippen molar-refractivity contribution in [2.45, 2.75) is 25.4 Å². The number of halogens is 3. The fourth-order valence-electron chi connectivity index (χ4n) is 1.01. The van der Waals surface area contributed by atoms with Crippen LogP contribution in [0.25, 0.3) is 0 Å². The van der Waals surface area contributed by atoms with E-state index in [2.05, 4.69) is 10.9 Å². The van der Waals surface area contributed by atoms with E-state index in [9.17, 15) is 13.2 Å². The quantitative estimate of drug-likeness (QED) is 0.653. The maximum atomic E-state index is 12.2. The van der Waals surface area contributed by atoms with Gasteiger partial charge in [-0.15, -0.1) is 6.42 Å². The van der Waals surface area contributed by atoms with Gasteiger partial charge in [-0.2, -0.15) is 13.2 Å². The van der Waals surface area contributed by atoms with Gasteiger partial charge in [0.1, 0.15) is 0 Å². The number of aromatic nitrogens is 1. The minimum absolute atomic E-state index is 0.456. The van der Waals surface area contributed by atoms with Gasteiger partial charge in [0, 0.05) is 6.20 Å². The maximum Gasteiger partial charge on any atom is 0.417 e. The molecule has 0 aromatic carbocycles. The van der Waals surface area contributed by atoms with Crippen molar-refractivity contribution in [2.24, 2.45) is 0 Å². The molecule has 4 heteroatoms. The molecular formula is C11H10F3N. The smallest absolute Gasteiger partial charge is 0.259 e. The summed E-state index contributed by atoms with van der Waals surface area (Å²) in [6, 6.07) is 2.30. The van der Waals surface area contributed by atoms with Crippen LogP contribution in [0.5, 0.6) is 0 Å². The Bertz CT molecular complexity index is 382. The van der Waals surface area contributed by atoms with Crippen LogP contribution in [0.15, 0.2) is 18.3 Å². The van der Waals surface area contributed by atoms with Crippen LogP contribution in [-0.4, -0.2) is 4.98 Å². The summed E-state index contributed by atoms with van der Waals surface area (Å²) in [4.78, 5) is 3.73. The van der Waals surface area contributed by atoms with Gasteiger partial charge in [-0.25, -0.2) is 0 Å². The van der Waals surface area contributed by atoms with Crippen LogP contribution in [0.4, 0.5) is 13.2 Å². The second-order valence-electron chi connectivity index (χ2n) is 3.70. The van der Waals surface area contributed by atoms with Crippen molar-refractivity contribution in [3.05, 3.63) is 29.6 Å². The SMILES string of the molecule is C#CC(C)(C)c1ccc(C(F)(F)F)cn1. The summed E-state index contributed by atoms with van der Waals surface area (Å²) in [6.07, 6.45) is 1.69. The van der Waals surface area contributed by atoms with E-state index in [1.54, 1.807) is 13.8 Å². The predicted octanol–water partition coefficient (Wildman–Crippen LogP) is 3.01. The third kappa shape index (κ3) is 2.50. The standard InChI is InChI=1S/C11H10F3N/c1-4-10(2,3)9-6-5-8(7-15-9)11(12,13)14/h1,5-7H,2-3H3. The first-order valence-corrected chi connectivity index (χ1v) is 4.29. The molecule has 0 saturated heterocycles. The minimum Gasteiger partial charge on any atom is -0.259 e. The van der Waals surface area contributed by atoms with E-state index in [1.165, 1.54) is 6.07 Å². The normalized spacial score (nSPS) is 12.3. The predicted molar refractivity (Wildman–Crippen MR) is 51.1 cm³/mol. The zero-order valence-electron chi connectivity index (χ0n) is 8.39. The van der Waals surface area contributed by atoms with Gasteiger partial charge in [0.15, 0.2) is 0 Å². The molecule has 0 N–H and O–H groups in total. The molecule has 1 aromatic rings. The summed E-state index contributed by atoms with van der Waals surface area (Å²) in [5.74, 6) is 2.47. The van der Waals surface area contributed by atoms with E-state index in [1.807, 2.05) is 0 Å². The Morgan fingerprint density at radius 1 is 1.27 bits per heavy atom. The maximum absolute atomic E-state index is 12.2. The average molecular weight is 213 g/mol. The van der Waals surface area contributed by atoms with E-state index in [0.717, 1.165) is 12.3 Å². The third-order valence-electron chi connectivity index (χ3n) is 2.09. The van der Waals surface area contributed by atoms with Gasteiger partial charge in [-0.1, -0.05) is 5.92 Å². The van der Waals surface area contributed by atoms with Gasteiger partial charge in [-0.3, -0.25) is 4.98 Å². The van der Waals surface area contributed by atoms with Crippen LogP contribution in [0.3, 0.4) is 0 Å². The zero-order chi connectivity index (χ0) is 11.7. The highest BCUT2D eigenvalue weighted by Crippen LogP contribution is 2.29. The largest absolute Gasteiger partial charge is 0.417 e. The summed E-state index contributed by atoms with van der Waals surface area (Å²) < 4.78 is 36.7. The first-order valence-electron chi connectivity index (χ1n) is 4.29. The van der Waals surface area contributed by atoms with Crippen molar-refractivity contribution in [2.75, 3.05) is 0 Å². The van der Waals surface area contributed by atoms with Gasteiger partial charge >= 0.3 is 6.18 Å². The third-order valence-corrected chi connectivity index (χ3v) is 2.09. The topological polar surface area (TPSA) is 12.9 Å². The second kappa shape index (κ2) is 3.58. The molecule has 0 aliphatic carbocycles. The molecule has 0 spiro atoms. The molecule has 1 aromatic heterocycles. The van der Waals surface area contributed by atoms with Crippen LogP contribution in [0.1, 0.15) is 25.1 Å². The second-order valence-corrected chi connectivity index (χ2v) is 3.70. The first-order chi connectivity index (χ1) is 6.77. The molecule has 15 heavy (non-hydrogen) atoms. The Kier molecular flexibility index (Phi) is 2.76. The Morgan fingerprint density at radius 3 is 2.20 bits per heavy atom. The molecule has 0 radical (unpaired) electrons. The van der Waals surface area contributed by atoms with Crippen LogP contribution >= 0.6 is 0 Å². The Balaban J connectivity index is 3.08. The van der Waals surface area contributed by atoms with Crippen molar-refractivity contribution >= 4 is 0 Å². The fraction of sp³-hybridized carbons (Fsp3) is 0.364. The van der Waals surface area contributed by atoms with Gasteiger partial charge in [0.2, 0.25) is 0 Å². The lowest BCUT2D eigenvalue weighted by atomic mass is 9.90. The summed E-state index contributed by atoms with van der Waals surface area (Å²) >= 11 is 0. The van der Waals surface area contributed by atoms with Gasteiger partial charge in [0.25, 0.3) is 0 Å². The number of nitrogens with zero attached hydrogens (tertiary/aromatic N) is 1. The van der Waals surface area contributed by atoms with E-state index < -0.39 is 17.2 Å². The van der Waals surface area contributed by atoms with E-state index in [-0.39, 0.29) is 0 Å². The highest BCUT2D eigenvalue weighted by atomic mass is 19.4. The number of terminal acetylenes is 1. The Morgan fingerprint density at radius 2 is 1.87 bits per heavy atom. The number of hydrogen-bond donors (Lipinski definition) is 0. The monoisotopic (exact) mass is 213 g/mol. The molecular weight excluding hydrogens is 203 g/mol. The average Bonchev–Trinajstić information content (AvgIpc) is 2.17. The molecule has 1 rings (SSSR count).